The first kappa shape index (κ1) is 14.3. The fourth-order valence-corrected chi connectivity index (χ4v) is 2.28. The number of rotatable bonds is 2. The van der Waals surface area contributed by atoms with Gasteiger partial charge in [0, 0.05) is 15.4 Å². The molecule has 3 N–H and O–H groups in total. The van der Waals surface area contributed by atoms with E-state index in [-0.39, 0.29) is 0 Å². The van der Waals surface area contributed by atoms with E-state index in [0.717, 1.165) is 9.86 Å². The van der Waals surface area contributed by atoms with Crippen molar-refractivity contribution in [3.05, 3.63) is 64.3 Å². The number of aromatic amines is 1. The van der Waals surface area contributed by atoms with Gasteiger partial charge in [-0.3, -0.25) is 25.5 Å². The second kappa shape index (κ2) is 5.98. The number of hydrogen-bond donors (Lipinski definition) is 3. The van der Waals surface area contributed by atoms with Crippen molar-refractivity contribution in [2.45, 2.75) is 0 Å². The summed E-state index contributed by atoms with van der Waals surface area (Å²) in [6, 6.07) is 12.1. The van der Waals surface area contributed by atoms with Crippen LogP contribution in [0.1, 0.15) is 20.7 Å². The SMILES string of the molecule is O=C(NNC(=O)c1cccc2cn[nH]c12)c1ccc(Br)cc1. The fraction of sp³-hybridized carbons (Fsp3) is 0. The predicted octanol–water partition coefficient (Wildman–Crippen LogP) is 2.40. The molecule has 7 heteroatoms. The van der Waals surface area contributed by atoms with Crippen molar-refractivity contribution in [1.82, 2.24) is 21.0 Å². The van der Waals surface area contributed by atoms with Crippen LogP contribution in [0.2, 0.25) is 0 Å². The minimum Gasteiger partial charge on any atom is -0.277 e. The van der Waals surface area contributed by atoms with Crippen molar-refractivity contribution in [1.29, 1.82) is 0 Å². The Hall–Kier alpha value is -2.67. The molecule has 0 aliphatic carbocycles. The van der Waals surface area contributed by atoms with Gasteiger partial charge in [-0.25, -0.2) is 0 Å². The van der Waals surface area contributed by atoms with Gasteiger partial charge < -0.3 is 0 Å². The third kappa shape index (κ3) is 2.84. The van der Waals surface area contributed by atoms with Crippen LogP contribution in [-0.4, -0.2) is 22.0 Å². The number of benzene rings is 2. The number of hydrazine groups is 1. The Bertz CT molecular complexity index is 842. The summed E-state index contributed by atoms with van der Waals surface area (Å²) < 4.78 is 0.874. The Morgan fingerprint density at radius 1 is 1.00 bits per heavy atom. The number of carbonyl (C=O) groups is 2. The molecular weight excluding hydrogens is 348 g/mol. The summed E-state index contributed by atoms with van der Waals surface area (Å²) in [5.74, 6) is -0.807. The van der Waals surface area contributed by atoms with Crippen molar-refractivity contribution in [3.8, 4) is 0 Å². The summed E-state index contributed by atoms with van der Waals surface area (Å²) in [5, 5.41) is 7.49. The highest BCUT2D eigenvalue weighted by Crippen LogP contribution is 2.15. The van der Waals surface area contributed by atoms with Gasteiger partial charge in [0.25, 0.3) is 11.8 Å². The maximum absolute atomic E-state index is 12.2. The molecule has 6 nitrogen and oxygen atoms in total. The molecular formula is C15H11BrN4O2. The van der Waals surface area contributed by atoms with E-state index in [1.165, 1.54) is 0 Å². The van der Waals surface area contributed by atoms with Gasteiger partial charge in [-0.1, -0.05) is 28.1 Å². The highest BCUT2D eigenvalue weighted by Gasteiger charge is 2.12. The van der Waals surface area contributed by atoms with Crippen molar-refractivity contribution < 1.29 is 9.59 Å². The second-order valence-electron chi connectivity index (χ2n) is 4.55. The summed E-state index contributed by atoms with van der Waals surface area (Å²) >= 11 is 3.30. The van der Waals surface area contributed by atoms with Crippen LogP contribution in [0.5, 0.6) is 0 Å². The van der Waals surface area contributed by atoms with Gasteiger partial charge in [-0.05, 0) is 30.3 Å². The summed E-state index contributed by atoms with van der Waals surface area (Å²) in [7, 11) is 0. The lowest BCUT2D eigenvalue weighted by atomic mass is 10.1. The van der Waals surface area contributed by atoms with Gasteiger partial charge in [-0.15, -0.1) is 0 Å². The average molecular weight is 359 g/mol. The van der Waals surface area contributed by atoms with E-state index in [1.807, 2.05) is 6.07 Å². The first-order chi connectivity index (χ1) is 10.6. The van der Waals surface area contributed by atoms with Crippen molar-refractivity contribution in [2.24, 2.45) is 0 Å². The van der Waals surface area contributed by atoms with Crippen LogP contribution < -0.4 is 10.9 Å². The minimum absolute atomic E-state index is 0.391. The summed E-state index contributed by atoms with van der Waals surface area (Å²) in [6.45, 7) is 0. The number of halogens is 1. The van der Waals surface area contributed by atoms with E-state index >= 15 is 0 Å². The van der Waals surface area contributed by atoms with Gasteiger partial charge in [0.05, 0.1) is 17.3 Å². The lowest BCUT2D eigenvalue weighted by molar-refractivity contribution is 0.0847. The number of fused-ring (bicyclic) bond motifs is 1. The number of nitrogens with zero attached hydrogens (tertiary/aromatic N) is 1. The monoisotopic (exact) mass is 358 g/mol. The zero-order chi connectivity index (χ0) is 15.5. The van der Waals surface area contributed by atoms with Crippen LogP contribution in [0.3, 0.4) is 0 Å². The third-order valence-corrected chi connectivity index (χ3v) is 3.65. The Balaban J connectivity index is 1.71. The molecule has 110 valence electrons. The van der Waals surface area contributed by atoms with Gasteiger partial charge >= 0.3 is 0 Å². The zero-order valence-corrected chi connectivity index (χ0v) is 12.8. The zero-order valence-electron chi connectivity index (χ0n) is 11.3. The summed E-state index contributed by atoms with van der Waals surface area (Å²) in [4.78, 5) is 24.1. The molecule has 0 fully saturated rings. The molecule has 0 aliphatic rings. The summed E-state index contributed by atoms with van der Waals surface area (Å²) in [6.07, 6.45) is 1.63. The largest absolute Gasteiger partial charge is 0.277 e. The normalized spacial score (nSPS) is 10.4. The Morgan fingerprint density at radius 3 is 2.50 bits per heavy atom. The van der Waals surface area contributed by atoms with Gasteiger partial charge in [-0.2, -0.15) is 5.10 Å². The van der Waals surface area contributed by atoms with Crippen LogP contribution in [0.15, 0.2) is 53.1 Å². The molecule has 3 rings (SSSR count). The Labute approximate surface area is 134 Å². The number of nitrogens with one attached hydrogen (secondary N) is 3. The second-order valence-corrected chi connectivity index (χ2v) is 5.47. The molecule has 0 unspecified atom stereocenters. The maximum atomic E-state index is 12.2. The highest BCUT2D eigenvalue weighted by atomic mass is 79.9. The number of hydrogen-bond acceptors (Lipinski definition) is 3. The Morgan fingerprint density at radius 2 is 1.73 bits per heavy atom. The number of amides is 2. The third-order valence-electron chi connectivity index (χ3n) is 3.12. The number of para-hydroxylation sites is 1. The molecule has 1 heterocycles. The number of carbonyl (C=O) groups excluding carboxylic acids is 2. The van der Waals surface area contributed by atoms with Crippen LogP contribution in [0.25, 0.3) is 10.9 Å². The molecule has 0 spiro atoms. The van der Waals surface area contributed by atoms with Crippen LogP contribution in [-0.2, 0) is 0 Å². The molecule has 0 saturated carbocycles. The molecule has 2 amide bonds. The molecule has 2 aromatic carbocycles. The van der Waals surface area contributed by atoms with E-state index in [1.54, 1.807) is 42.6 Å². The number of aromatic nitrogens is 2. The first-order valence-corrected chi connectivity index (χ1v) is 7.23. The number of H-pyrrole nitrogens is 1. The standard InChI is InChI=1S/C15H11BrN4O2/c16-11-6-4-9(5-7-11)14(21)19-20-15(22)12-3-1-2-10-8-17-18-13(10)12/h1-8H,(H,17,18)(H,19,21)(H,20,22). The van der Waals surface area contributed by atoms with E-state index < -0.39 is 11.8 Å². The van der Waals surface area contributed by atoms with Crippen LogP contribution >= 0.6 is 15.9 Å². The van der Waals surface area contributed by atoms with Crippen LogP contribution in [0.4, 0.5) is 0 Å². The maximum Gasteiger partial charge on any atom is 0.271 e. The lowest BCUT2D eigenvalue weighted by Gasteiger charge is -2.08. The van der Waals surface area contributed by atoms with Gasteiger partial charge in [0.15, 0.2) is 0 Å². The van der Waals surface area contributed by atoms with Crippen molar-refractivity contribution in [2.75, 3.05) is 0 Å². The van der Waals surface area contributed by atoms with Gasteiger partial charge in [0.1, 0.15) is 0 Å². The topological polar surface area (TPSA) is 86.9 Å². The first-order valence-electron chi connectivity index (χ1n) is 6.43. The predicted molar refractivity (Wildman–Crippen MR) is 85.2 cm³/mol. The molecule has 22 heavy (non-hydrogen) atoms. The molecule has 0 aliphatic heterocycles. The molecule has 0 radical (unpaired) electrons. The minimum atomic E-state index is -0.416. The van der Waals surface area contributed by atoms with Crippen LogP contribution in [0, 0.1) is 0 Å². The smallest absolute Gasteiger partial charge is 0.271 e. The van der Waals surface area contributed by atoms with Crippen molar-refractivity contribution in [3.63, 3.8) is 0 Å². The highest BCUT2D eigenvalue weighted by molar-refractivity contribution is 9.10. The lowest BCUT2D eigenvalue weighted by Crippen LogP contribution is -2.41. The molecule has 0 bridgehead atoms. The van der Waals surface area contributed by atoms with E-state index in [9.17, 15) is 9.59 Å². The fourth-order valence-electron chi connectivity index (χ4n) is 2.01. The molecule has 0 saturated heterocycles. The Kier molecular flexibility index (Phi) is 3.88. The summed E-state index contributed by atoms with van der Waals surface area (Å²) in [5.41, 5.74) is 6.26. The van der Waals surface area contributed by atoms with E-state index in [4.69, 9.17) is 0 Å². The quantitative estimate of drug-likeness (QED) is 0.614. The average Bonchev–Trinajstić information content (AvgIpc) is 3.01. The van der Waals surface area contributed by atoms with Gasteiger partial charge in [0.2, 0.25) is 0 Å². The van der Waals surface area contributed by atoms with E-state index in [0.29, 0.717) is 16.6 Å². The van der Waals surface area contributed by atoms with Crippen molar-refractivity contribution >= 4 is 38.6 Å². The molecule has 1 aromatic heterocycles. The molecule has 3 aromatic rings. The van der Waals surface area contributed by atoms with E-state index in [2.05, 4.69) is 37.0 Å². The molecule has 0 atom stereocenters.